The maximum Gasteiger partial charge on any atom is 0.287 e. The molecule has 0 aliphatic carbocycles. The molecule has 2 aromatic rings. The van der Waals surface area contributed by atoms with Gasteiger partial charge in [-0.1, -0.05) is 17.7 Å². The number of nitro benzene ring substituents is 1. The van der Waals surface area contributed by atoms with Crippen molar-refractivity contribution in [3.8, 4) is 6.07 Å². The second-order valence-corrected chi connectivity index (χ2v) is 4.60. The number of nitrogens with zero attached hydrogens (tertiary/aromatic N) is 2. The Labute approximate surface area is 120 Å². The number of anilines is 2. The number of rotatable bonds is 3. The predicted molar refractivity (Wildman–Crippen MR) is 77.3 cm³/mol. The number of nitro groups is 1. The van der Waals surface area contributed by atoms with Crippen molar-refractivity contribution in [3.05, 3.63) is 62.7 Å². The minimum atomic E-state index is -0.578. The zero-order chi connectivity index (χ0) is 14.7. The lowest BCUT2D eigenvalue weighted by Crippen LogP contribution is -1.95. The molecule has 0 fully saturated rings. The van der Waals surface area contributed by atoms with E-state index in [1.807, 2.05) is 25.1 Å². The normalized spacial score (nSPS) is 9.85. The van der Waals surface area contributed by atoms with E-state index in [-0.39, 0.29) is 11.3 Å². The lowest BCUT2D eigenvalue weighted by Gasteiger charge is -2.08. The van der Waals surface area contributed by atoms with E-state index >= 15 is 0 Å². The molecule has 0 saturated carbocycles. The monoisotopic (exact) mass is 287 g/mol. The predicted octanol–water partition coefficient (Wildman–Crippen LogP) is 4.17. The van der Waals surface area contributed by atoms with E-state index in [0.29, 0.717) is 10.7 Å². The molecule has 0 aromatic heterocycles. The van der Waals surface area contributed by atoms with E-state index in [2.05, 4.69) is 5.32 Å². The summed E-state index contributed by atoms with van der Waals surface area (Å²) < 4.78 is 0. The van der Waals surface area contributed by atoms with Crippen LogP contribution in [0, 0.1) is 28.4 Å². The van der Waals surface area contributed by atoms with Gasteiger partial charge in [0.15, 0.2) is 0 Å². The highest BCUT2D eigenvalue weighted by atomic mass is 35.5. The Balaban J connectivity index is 2.32. The average molecular weight is 288 g/mol. The van der Waals surface area contributed by atoms with Crippen LogP contribution in [0.5, 0.6) is 0 Å². The topological polar surface area (TPSA) is 79.0 Å². The van der Waals surface area contributed by atoms with Crippen molar-refractivity contribution >= 4 is 28.7 Å². The van der Waals surface area contributed by atoms with Gasteiger partial charge in [-0.2, -0.15) is 5.26 Å². The molecule has 0 bridgehead atoms. The van der Waals surface area contributed by atoms with E-state index in [1.54, 1.807) is 12.1 Å². The van der Waals surface area contributed by atoms with Crippen molar-refractivity contribution in [2.45, 2.75) is 6.92 Å². The van der Waals surface area contributed by atoms with Gasteiger partial charge in [-0.15, -0.1) is 0 Å². The minimum Gasteiger partial charge on any atom is -0.355 e. The zero-order valence-corrected chi connectivity index (χ0v) is 11.3. The van der Waals surface area contributed by atoms with Gasteiger partial charge < -0.3 is 5.32 Å². The van der Waals surface area contributed by atoms with Gasteiger partial charge >= 0.3 is 0 Å². The fourth-order valence-corrected chi connectivity index (χ4v) is 1.88. The molecule has 100 valence electrons. The van der Waals surface area contributed by atoms with Crippen molar-refractivity contribution in [2.75, 3.05) is 5.32 Å². The van der Waals surface area contributed by atoms with Crippen molar-refractivity contribution < 1.29 is 4.92 Å². The Morgan fingerprint density at radius 1 is 1.25 bits per heavy atom. The van der Waals surface area contributed by atoms with Crippen LogP contribution in [0.25, 0.3) is 0 Å². The molecule has 0 saturated heterocycles. The maximum absolute atomic E-state index is 10.7. The van der Waals surface area contributed by atoms with E-state index in [9.17, 15) is 10.1 Å². The van der Waals surface area contributed by atoms with Crippen molar-refractivity contribution in [3.63, 3.8) is 0 Å². The van der Waals surface area contributed by atoms with Crippen LogP contribution in [0.1, 0.15) is 11.1 Å². The summed E-state index contributed by atoms with van der Waals surface area (Å²) in [6.07, 6.45) is 0. The highest BCUT2D eigenvalue weighted by molar-refractivity contribution is 6.31. The average Bonchev–Trinajstić information content (AvgIpc) is 2.42. The first-order valence-corrected chi connectivity index (χ1v) is 6.11. The lowest BCUT2D eigenvalue weighted by molar-refractivity contribution is -0.385. The third-order valence-electron chi connectivity index (χ3n) is 2.77. The van der Waals surface area contributed by atoms with Gasteiger partial charge in [0.2, 0.25) is 0 Å². The number of nitrogens with one attached hydrogen (secondary N) is 1. The van der Waals surface area contributed by atoms with Gasteiger partial charge in [-0.25, -0.2) is 0 Å². The molecule has 5 nitrogen and oxygen atoms in total. The smallest absolute Gasteiger partial charge is 0.287 e. The van der Waals surface area contributed by atoms with Crippen LogP contribution >= 0.6 is 11.6 Å². The summed E-state index contributed by atoms with van der Waals surface area (Å²) >= 11 is 6.02. The number of halogens is 1. The number of nitriles is 1. The SMILES string of the molecule is Cc1ccc(Nc2ccc([N+](=O)[O-])c(C#N)c2)cc1Cl. The number of hydrogen-bond acceptors (Lipinski definition) is 4. The molecule has 0 aliphatic heterocycles. The Morgan fingerprint density at radius 3 is 2.50 bits per heavy atom. The Hall–Kier alpha value is -2.58. The minimum absolute atomic E-state index is 0.0122. The molecule has 0 spiro atoms. The van der Waals surface area contributed by atoms with Crippen LogP contribution in [0.2, 0.25) is 5.02 Å². The highest BCUT2D eigenvalue weighted by Crippen LogP contribution is 2.26. The van der Waals surface area contributed by atoms with Gasteiger partial charge in [-0.05, 0) is 36.8 Å². The molecule has 1 N–H and O–H groups in total. The van der Waals surface area contributed by atoms with Gasteiger partial charge in [0, 0.05) is 22.5 Å². The van der Waals surface area contributed by atoms with Gasteiger partial charge in [0.25, 0.3) is 5.69 Å². The van der Waals surface area contributed by atoms with Crippen LogP contribution in [0.4, 0.5) is 17.1 Å². The summed E-state index contributed by atoms with van der Waals surface area (Å²) in [6.45, 7) is 1.89. The van der Waals surface area contributed by atoms with E-state index in [4.69, 9.17) is 16.9 Å². The number of aryl methyl sites for hydroxylation is 1. The van der Waals surface area contributed by atoms with Crippen LogP contribution in [0.15, 0.2) is 36.4 Å². The molecular weight excluding hydrogens is 278 g/mol. The van der Waals surface area contributed by atoms with Crippen molar-refractivity contribution in [2.24, 2.45) is 0 Å². The summed E-state index contributed by atoms with van der Waals surface area (Å²) in [4.78, 5) is 10.2. The van der Waals surface area contributed by atoms with Crippen molar-refractivity contribution in [1.82, 2.24) is 0 Å². The molecular formula is C14H10ClN3O2. The molecule has 0 amide bonds. The zero-order valence-electron chi connectivity index (χ0n) is 10.6. The largest absolute Gasteiger partial charge is 0.355 e. The third-order valence-corrected chi connectivity index (χ3v) is 3.18. The molecule has 0 unspecified atom stereocenters. The molecule has 20 heavy (non-hydrogen) atoms. The summed E-state index contributed by atoms with van der Waals surface area (Å²) in [6, 6.07) is 11.6. The van der Waals surface area contributed by atoms with Crippen LogP contribution in [-0.2, 0) is 0 Å². The first-order valence-electron chi connectivity index (χ1n) is 5.73. The molecule has 0 atom stereocenters. The summed E-state index contributed by atoms with van der Waals surface area (Å²) in [5, 5.41) is 23.4. The van der Waals surface area contributed by atoms with Gasteiger partial charge in [0.1, 0.15) is 11.6 Å². The maximum atomic E-state index is 10.7. The number of hydrogen-bond donors (Lipinski definition) is 1. The molecule has 6 heteroatoms. The summed E-state index contributed by atoms with van der Waals surface area (Å²) in [5.41, 5.74) is 2.10. The molecule has 0 aliphatic rings. The Bertz CT molecular complexity index is 723. The quantitative estimate of drug-likeness (QED) is 0.678. The number of benzene rings is 2. The Morgan fingerprint density at radius 2 is 1.90 bits per heavy atom. The van der Waals surface area contributed by atoms with Crippen molar-refractivity contribution in [1.29, 1.82) is 5.26 Å². The third kappa shape index (κ3) is 2.87. The second-order valence-electron chi connectivity index (χ2n) is 4.19. The van der Waals surface area contributed by atoms with E-state index in [1.165, 1.54) is 12.1 Å². The van der Waals surface area contributed by atoms with E-state index < -0.39 is 4.92 Å². The van der Waals surface area contributed by atoms with Crippen LogP contribution < -0.4 is 5.32 Å². The molecule has 2 aromatic carbocycles. The molecule has 0 heterocycles. The first-order chi connectivity index (χ1) is 9.51. The van der Waals surface area contributed by atoms with E-state index in [0.717, 1.165) is 11.3 Å². The Kier molecular flexibility index (Phi) is 3.87. The summed E-state index contributed by atoms with van der Waals surface area (Å²) in [5.74, 6) is 0. The molecule has 2 rings (SSSR count). The standard InChI is InChI=1S/C14H10ClN3O2/c1-9-2-3-12(7-13(9)15)17-11-4-5-14(18(19)20)10(6-11)8-16/h2-7,17H,1H3. The first kappa shape index (κ1) is 13.8. The summed E-state index contributed by atoms with van der Waals surface area (Å²) in [7, 11) is 0. The van der Waals surface area contributed by atoms with Gasteiger partial charge in [0.05, 0.1) is 4.92 Å². The lowest BCUT2D eigenvalue weighted by atomic mass is 10.1. The fraction of sp³-hybridized carbons (Fsp3) is 0.0714. The highest BCUT2D eigenvalue weighted by Gasteiger charge is 2.13. The van der Waals surface area contributed by atoms with Crippen LogP contribution in [0.3, 0.4) is 0 Å². The fourth-order valence-electron chi connectivity index (χ4n) is 1.70. The molecule has 0 radical (unpaired) electrons. The van der Waals surface area contributed by atoms with Crippen LogP contribution in [-0.4, -0.2) is 4.92 Å². The van der Waals surface area contributed by atoms with Gasteiger partial charge in [-0.3, -0.25) is 10.1 Å². The second kappa shape index (κ2) is 5.59.